The minimum atomic E-state index is -0.824. The smallest absolute Gasteiger partial charge is 0.344 e. The molecule has 0 aliphatic carbocycles. The number of nitro groups is 1. The van der Waals surface area contributed by atoms with Gasteiger partial charge in [0.1, 0.15) is 11.6 Å². The zero-order chi connectivity index (χ0) is 20.1. The molecular formula is C18H14FN3O6. The van der Waals surface area contributed by atoms with E-state index in [-0.39, 0.29) is 29.0 Å². The molecular weight excluding hydrogens is 373 g/mol. The van der Waals surface area contributed by atoms with Gasteiger partial charge in [-0.3, -0.25) is 10.1 Å². The van der Waals surface area contributed by atoms with E-state index in [1.165, 1.54) is 48.5 Å². The first-order valence-electron chi connectivity index (χ1n) is 8.08. The lowest BCUT2D eigenvalue weighted by atomic mass is 10.2. The summed E-state index contributed by atoms with van der Waals surface area (Å²) in [5, 5.41) is 18.3. The number of hydrogen-bond acceptors (Lipinski definition) is 8. The Bertz CT molecular complexity index is 972. The highest BCUT2D eigenvalue weighted by atomic mass is 19.1. The van der Waals surface area contributed by atoms with Crippen LogP contribution in [0, 0.1) is 15.9 Å². The highest BCUT2D eigenvalue weighted by Crippen LogP contribution is 2.23. The molecule has 3 aromatic rings. The Morgan fingerprint density at radius 3 is 2.50 bits per heavy atom. The summed E-state index contributed by atoms with van der Waals surface area (Å²) >= 11 is 0. The van der Waals surface area contributed by atoms with Crippen molar-refractivity contribution < 1.29 is 28.0 Å². The molecule has 28 heavy (non-hydrogen) atoms. The van der Waals surface area contributed by atoms with Crippen molar-refractivity contribution in [1.82, 2.24) is 10.2 Å². The van der Waals surface area contributed by atoms with Gasteiger partial charge in [0.05, 0.1) is 4.92 Å². The van der Waals surface area contributed by atoms with Crippen molar-refractivity contribution in [2.24, 2.45) is 0 Å². The number of aromatic nitrogens is 2. The first-order valence-corrected chi connectivity index (χ1v) is 8.08. The van der Waals surface area contributed by atoms with E-state index in [1.54, 1.807) is 6.92 Å². The number of nitrogens with zero attached hydrogens (tertiary/aromatic N) is 3. The maximum absolute atomic E-state index is 13.0. The number of benzene rings is 2. The molecule has 0 aliphatic rings. The largest absolute Gasteiger partial charge is 0.482 e. The van der Waals surface area contributed by atoms with Crippen LogP contribution in [-0.2, 0) is 9.53 Å². The second-order valence-electron chi connectivity index (χ2n) is 5.62. The number of rotatable bonds is 7. The standard InChI is InChI=1S/C18H14FN3O6/c1-11(17-20-21-18(28-17)12-2-4-13(19)5-3-12)27-16(23)10-26-15-8-6-14(7-9-15)22(24)25/h2-9,11H,10H2,1H3/t11-/m0/s1. The van der Waals surface area contributed by atoms with Crippen LogP contribution in [0.5, 0.6) is 5.75 Å². The Kier molecular flexibility index (Phi) is 5.58. The zero-order valence-corrected chi connectivity index (χ0v) is 14.6. The van der Waals surface area contributed by atoms with Gasteiger partial charge in [-0.05, 0) is 43.3 Å². The summed E-state index contributed by atoms with van der Waals surface area (Å²) in [6, 6.07) is 10.8. The molecule has 0 N–H and O–H groups in total. The summed E-state index contributed by atoms with van der Waals surface area (Å²) in [6.07, 6.45) is -0.824. The van der Waals surface area contributed by atoms with Gasteiger partial charge in [-0.25, -0.2) is 9.18 Å². The van der Waals surface area contributed by atoms with Crippen molar-refractivity contribution in [3.05, 3.63) is 70.4 Å². The lowest BCUT2D eigenvalue weighted by Gasteiger charge is -2.10. The van der Waals surface area contributed by atoms with Gasteiger partial charge in [-0.1, -0.05) is 0 Å². The summed E-state index contributed by atoms with van der Waals surface area (Å²) in [5.41, 5.74) is 0.442. The third kappa shape index (κ3) is 4.67. The number of halogens is 1. The fourth-order valence-corrected chi connectivity index (χ4v) is 2.20. The molecule has 1 atom stereocenters. The van der Waals surface area contributed by atoms with E-state index in [1.807, 2.05) is 0 Å². The second-order valence-corrected chi connectivity index (χ2v) is 5.62. The van der Waals surface area contributed by atoms with Gasteiger partial charge in [0.25, 0.3) is 11.6 Å². The molecule has 0 amide bonds. The third-order valence-corrected chi connectivity index (χ3v) is 3.59. The fraction of sp³-hybridized carbons (Fsp3) is 0.167. The fourth-order valence-electron chi connectivity index (χ4n) is 2.20. The molecule has 1 aromatic heterocycles. The maximum atomic E-state index is 13.0. The van der Waals surface area contributed by atoms with Crippen LogP contribution in [0.2, 0.25) is 0 Å². The van der Waals surface area contributed by atoms with Crippen molar-refractivity contribution >= 4 is 11.7 Å². The van der Waals surface area contributed by atoms with Crippen LogP contribution in [0.15, 0.2) is 52.9 Å². The quantitative estimate of drug-likeness (QED) is 0.344. The van der Waals surface area contributed by atoms with E-state index >= 15 is 0 Å². The zero-order valence-electron chi connectivity index (χ0n) is 14.6. The van der Waals surface area contributed by atoms with E-state index < -0.39 is 23.6 Å². The Hall–Kier alpha value is -3.82. The first kappa shape index (κ1) is 19.0. The monoisotopic (exact) mass is 387 g/mol. The van der Waals surface area contributed by atoms with Crippen LogP contribution < -0.4 is 4.74 Å². The summed E-state index contributed by atoms with van der Waals surface area (Å²) < 4.78 is 28.8. The first-order chi connectivity index (χ1) is 13.4. The lowest BCUT2D eigenvalue weighted by Crippen LogP contribution is -2.17. The van der Waals surface area contributed by atoms with E-state index in [2.05, 4.69) is 10.2 Å². The van der Waals surface area contributed by atoms with Crippen LogP contribution in [-0.4, -0.2) is 27.7 Å². The van der Waals surface area contributed by atoms with Crippen molar-refractivity contribution in [3.63, 3.8) is 0 Å². The Labute approximate surface area is 157 Å². The summed E-state index contributed by atoms with van der Waals surface area (Å²) in [7, 11) is 0. The molecule has 0 spiro atoms. The van der Waals surface area contributed by atoms with E-state index in [0.717, 1.165) is 0 Å². The molecule has 0 fully saturated rings. The molecule has 0 radical (unpaired) electrons. The van der Waals surface area contributed by atoms with Gasteiger partial charge in [0, 0.05) is 17.7 Å². The molecule has 0 saturated carbocycles. The van der Waals surface area contributed by atoms with Gasteiger partial charge >= 0.3 is 5.97 Å². The number of carbonyl (C=O) groups excluding carboxylic acids is 1. The molecule has 10 heteroatoms. The molecule has 3 rings (SSSR count). The molecule has 144 valence electrons. The van der Waals surface area contributed by atoms with Gasteiger partial charge in [-0.15, -0.1) is 10.2 Å². The molecule has 1 heterocycles. The highest BCUT2D eigenvalue weighted by molar-refractivity contribution is 5.71. The summed E-state index contributed by atoms with van der Waals surface area (Å²) in [6.45, 7) is 1.15. The van der Waals surface area contributed by atoms with E-state index in [0.29, 0.717) is 5.56 Å². The van der Waals surface area contributed by atoms with Gasteiger partial charge in [0.2, 0.25) is 5.89 Å². The predicted octanol–water partition coefficient (Wildman–Crippen LogP) is 3.47. The molecule has 2 aromatic carbocycles. The molecule has 0 saturated heterocycles. The molecule has 0 aliphatic heterocycles. The Balaban J connectivity index is 1.54. The predicted molar refractivity (Wildman–Crippen MR) is 92.8 cm³/mol. The Morgan fingerprint density at radius 2 is 1.86 bits per heavy atom. The van der Waals surface area contributed by atoms with Crippen LogP contribution >= 0.6 is 0 Å². The number of esters is 1. The average Bonchev–Trinajstić information content (AvgIpc) is 3.17. The van der Waals surface area contributed by atoms with Crippen LogP contribution in [0.25, 0.3) is 11.5 Å². The number of ether oxygens (including phenoxy) is 2. The van der Waals surface area contributed by atoms with Crippen molar-refractivity contribution in [2.45, 2.75) is 13.0 Å². The minimum absolute atomic E-state index is 0.0722. The molecule has 0 unspecified atom stereocenters. The number of hydrogen-bond donors (Lipinski definition) is 0. The van der Waals surface area contributed by atoms with Gasteiger partial charge < -0.3 is 13.9 Å². The lowest BCUT2D eigenvalue weighted by molar-refractivity contribution is -0.384. The van der Waals surface area contributed by atoms with Gasteiger partial charge in [-0.2, -0.15) is 0 Å². The van der Waals surface area contributed by atoms with Crippen molar-refractivity contribution in [3.8, 4) is 17.2 Å². The van der Waals surface area contributed by atoms with Crippen LogP contribution in [0.1, 0.15) is 18.9 Å². The molecule has 9 nitrogen and oxygen atoms in total. The van der Waals surface area contributed by atoms with Crippen molar-refractivity contribution in [1.29, 1.82) is 0 Å². The highest BCUT2D eigenvalue weighted by Gasteiger charge is 2.19. The third-order valence-electron chi connectivity index (χ3n) is 3.59. The average molecular weight is 387 g/mol. The topological polar surface area (TPSA) is 118 Å². The van der Waals surface area contributed by atoms with Crippen LogP contribution in [0.3, 0.4) is 0 Å². The van der Waals surface area contributed by atoms with E-state index in [9.17, 15) is 19.3 Å². The van der Waals surface area contributed by atoms with E-state index in [4.69, 9.17) is 13.9 Å². The normalized spacial score (nSPS) is 11.6. The summed E-state index contributed by atoms with van der Waals surface area (Å²) in [4.78, 5) is 22.0. The number of carbonyl (C=O) groups is 1. The number of nitro benzene ring substituents is 1. The van der Waals surface area contributed by atoms with Crippen LogP contribution in [0.4, 0.5) is 10.1 Å². The Morgan fingerprint density at radius 1 is 1.18 bits per heavy atom. The second kappa shape index (κ2) is 8.25. The van der Waals surface area contributed by atoms with Gasteiger partial charge in [0.15, 0.2) is 12.7 Å². The minimum Gasteiger partial charge on any atom is -0.482 e. The summed E-state index contributed by atoms with van der Waals surface area (Å²) in [5.74, 6) is -0.555. The number of non-ortho nitro benzene ring substituents is 1. The maximum Gasteiger partial charge on any atom is 0.344 e. The van der Waals surface area contributed by atoms with Crippen molar-refractivity contribution in [2.75, 3.05) is 6.61 Å². The molecule has 0 bridgehead atoms. The SMILES string of the molecule is C[C@H](OC(=O)COc1ccc([N+](=O)[O-])cc1)c1nnc(-c2ccc(F)cc2)o1.